The van der Waals surface area contributed by atoms with Gasteiger partial charge in [-0.2, -0.15) is 0 Å². The second-order valence-electron chi connectivity index (χ2n) is 5.79. The predicted octanol–water partition coefficient (Wildman–Crippen LogP) is 2.77. The van der Waals surface area contributed by atoms with Gasteiger partial charge in [-0.05, 0) is 24.6 Å². The molecular weight excluding hydrogens is 224 g/mol. The van der Waals surface area contributed by atoms with Crippen molar-refractivity contribution in [3.63, 3.8) is 0 Å². The molecular formula is C15H26N2O. The zero-order valence-electron chi connectivity index (χ0n) is 12.4. The van der Waals surface area contributed by atoms with Crippen molar-refractivity contribution in [1.82, 2.24) is 5.32 Å². The second kappa shape index (κ2) is 6.10. The maximum Gasteiger partial charge on any atom is 0.120 e. The molecule has 0 aromatic heterocycles. The van der Waals surface area contributed by atoms with Crippen LogP contribution < -0.4 is 15.0 Å². The molecule has 1 aromatic rings. The number of anilines is 1. The summed E-state index contributed by atoms with van der Waals surface area (Å²) in [6, 6.07) is 8.61. The van der Waals surface area contributed by atoms with Gasteiger partial charge < -0.3 is 15.0 Å². The first-order chi connectivity index (χ1) is 8.38. The molecule has 1 rings (SSSR count). The van der Waals surface area contributed by atoms with Crippen molar-refractivity contribution in [2.75, 3.05) is 32.6 Å². The van der Waals surface area contributed by atoms with E-state index >= 15 is 0 Å². The molecule has 1 atom stereocenters. The van der Waals surface area contributed by atoms with Crippen LogP contribution in [0.5, 0.6) is 5.75 Å². The molecule has 0 aliphatic rings. The molecule has 102 valence electrons. The molecule has 18 heavy (non-hydrogen) atoms. The molecule has 3 nitrogen and oxygen atoms in total. The van der Waals surface area contributed by atoms with E-state index in [2.05, 4.69) is 50.2 Å². The summed E-state index contributed by atoms with van der Waals surface area (Å²) >= 11 is 0. The fraction of sp³-hybridized carbons (Fsp3) is 0.600. The quantitative estimate of drug-likeness (QED) is 0.869. The lowest BCUT2D eigenvalue weighted by Crippen LogP contribution is -2.46. The van der Waals surface area contributed by atoms with Crippen LogP contribution in [-0.4, -0.2) is 33.8 Å². The summed E-state index contributed by atoms with van der Waals surface area (Å²) in [6.07, 6.45) is 0. The van der Waals surface area contributed by atoms with Gasteiger partial charge in [0.25, 0.3) is 0 Å². The van der Waals surface area contributed by atoms with Crippen LogP contribution in [0, 0.1) is 5.41 Å². The number of nitrogens with zero attached hydrogens (tertiary/aromatic N) is 1. The van der Waals surface area contributed by atoms with Gasteiger partial charge in [0, 0.05) is 31.4 Å². The van der Waals surface area contributed by atoms with E-state index < -0.39 is 0 Å². The Hall–Kier alpha value is -1.22. The number of hydrogen-bond donors (Lipinski definition) is 1. The largest absolute Gasteiger partial charge is 0.497 e. The third-order valence-electron chi connectivity index (χ3n) is 3.34. The summed E-state index contributed by atoms with van der Waals surface area (Å²) in [5.74, 6) is 0.899. The Balaban J connectivity index is 2.77. The lowest BCUT2D eigenvalue weighted by molar-refractivity contribution is 0.285. The van der Waals surface area contributed by atoms with Gasteiger partial charge in [0.05, 0.1) is 7.11 Å². The Bertz CT molecular complexity index is 371. The highest BCUT2D eigenvalue weighted by Crippen LogP contribution is 2.24. The number of likely N-dealkylation sites (N-methyl/N-ethyl adjacent to an activating group) is 2. The monoisotopic (exact) mass is 250 g/mol. The van der Waals surface area contributed by atoms with Gasteiger partial charge in [-0.3, -0.25) is 0 Å². The topological polar surface area (TPSA) is 24.5 Å². The van der Waals surface area contributed by atoms with E-state index in [1.54, 1.807) is 7.11 Å². The van der Waals surface area contributed by atoms with E-state index in [0.29, 0.717) is 6.04 Å². The summed E-state index contributed by atoms with van der Waals surface area (Å²) in [5.41, 5.74) is 1.42. The van der Waals surface area contributed by atoms with Crippen molar-refractivity contribution in [1.29, 1.82) is 0 Å². The average Bonchev–Trinajstić information content (AvgIpc) is 2.34. The van der Waals surface area contributed by atoms with Crippen LogP contribution in [0.2, 0.25) is 0 Å². The maximum atomic E-state index is 5.26. The Morgan fingerprint density at radius 3 is 2.50 bits per heavy atom. The highest BCUT2D eigenvalue weighted by Gasteiger charge is 2.24. The van der Waals surface area contributed by atoms with Gasteiger partial charge in [0.1, 0.15) is 5.75 Å². The zero-order chi connectivity index (χ0) is 13.8. The normalized spacial score (nSPS) is 13.2. The van der Waals surface area contributed by atoms with Crippen LogP contribution in [-0.2, 0) is 0 Å². The number of ether oxygens (including phenoxy) is 1. The van der Waals surface area contributed by atoms with Crippen molar-refractivity contribution in [3.8, 4) is 5.75 Å². The fourth-order valence-electron chi connectivity index (χ4n) is 2.03. The van der Waals surface area contributed by atoms with Crippen molar-refractivity contribution in [2.45, 2.75) is 26.8 Å². The van der Waals surface area contributed by atoms with Crippen LogP contribution in [0.25, 0.3) is 0 Å². The van der Waals surface area contributed by atoms with Crippen LogP contribution in [0.3, 0.4) is 0 Å². The highest BCUT2D eigenvalue weighted by atomic mass is 16.5. The molecule has 1 unspecified atom stereocenters. The average molecular weight is 250 g/mol. The minimum atomic E-state index is 0.238. The van der Waals surface area contributed by atoms with Crippen LogP contribution in [0.1, 0.15) is 20.8 Å². The van der Waals surface area contributed by atoms with E-state index in [4.69, 9.17) is 4.74 Å². The lowest BCUT2D eigenvalue weighted by atomic mass is 9.86. The van der Waals surface area contributed by atoms with Crippen LogP contribution in [0.4, 0.5) is 5.69 Å². The molecule has 0 amide bonds. The van der Waals surface area contributed by atoms with Gasteiger partial charge in [-0.25, -0.2) is 0 Å². The Kier molecular flexibility index (Phi) is 5.03. The molecule has 0 heterocycles. The third kappa shape index (κ3) is 3.91. The van der Waals surface area contributed by atoms with Crippen LogP contribution in [0.15, 0.2) is 24.3 Å². The molecule has 0 aliphatic heterocycles. The first-order valence-electron chi connectivity index (χ1n) is 6.41. The SMILES string of the molecule is CNC(CN(C)c1cccc(OC)c1)C(C)(C)C. The van der Waals surface area contributed by atoms with Crippen LogP contribution >= 0.6 is 0 Å². The lowest BCUT2D eigenvalue weighted by Gasteiger charge is -2.34. The van der Waals surface area contributed by atoms with Crippen molar-refractivity contribution in [2.24, 2.45) is 5.41 Å². The van der Waals surface area contributed by atoms with E-state index in [1.807, 2.05) is 19.2 Å². The van der Waals surface area contributed by atoms with Crippen molar-refractivity contribution < 1.29 is 4.74 Å². The summed E-state index contributed by atoms with van der Waals surface area (Å²) in [4.78, 5) is 2.26. The maximum absolute atomic E-state index is 5.26. The van der Waals surface area contributed by atoms with Gasteiger partial charge in [-0.1, -0.05) is 26.8 Å². The van der Waals surface area contributed by atoms with Gasteiger partial charge in [0.15, 0.2) is 0 Å². The smallest absolute Gasteiger partial charge is 0.120 e. The van der Waals surface area contributed by atoms with E-state index in [9.17, 15) is 0 Å². The van der Waals surface area contributed by atoms with Gasteiger partial charge in [-0.15, -0.1) is 0 Å². The number of rotatable bonds is 5. The first-order valence-corrected chi connectivity index (χ1v) is 6.41. The van der Waals surface area contributed by atoms with Crippen molar-refractivity contribution >= 4 is 5.69 Å². The van der Waals surface area contributed by atoms with E-state index in [0.717, 1.165) is 12.3 Å². The number of nitrogens with one attached hydrogen (secondary N) is 1. The van der Waals surface area contributed by atoms with Gasteiger partial charge >= 0.3 is 0 Å². The fourth-order valence-corrected chi connectivity index (χ4v) is 2.03. The van der Waals surface area contributed by atoms with E-state index in [-0.39, 0.29) is 5.41 Å². The Labute approximate surface area is 111 Å². The first kappa shape index (κ1) is 14.8. The summed E-state index contributed by atoms with van der Waals surface area (Å²) in [6.45, 7) is 7.74. The minimum Gasteiger partial charge on any atom is -0.497 e. The Morgan fingerprint density at radius 2 is 2.00 bits per heavy atom. The molecule has 0 spiro atoms. The van der Waals surface area contributed by atoms with E-state index in [1.165, 1.54) is 5.69 Å². The second-order valence-corrected chi connectivity index (χ2v) is 5.79. The molecule has 0 bridgehead atoms. The summed E-state index contributed by atoms with van der Waals surface area (Å²) < 4.78 is 5.26. The summed E-state index contributed by atoms with van der Waals surface area (Å²) in [7, 11) is 5.84. The van der Waals surface area contributed by atoms with Gasteiger partial charge in [0.2, 0.25) is 0 Å². The molecule has 0 saturated heterocycles. The molecule has 0 radical (unpaired) electrons. The number of hydrogen-bond acceptors (Lipinski definition) is 3. The molecule has 0 fully saturated rings. The number of methoxy groups -OCH3 is 1. The molecule has 1 aromatic carbocycles. The predicted molar refractivity (Wildman–Crippen MR) is 78.6 cm³/mol. The summed E-state index contributed by atoms with van der Waals surface area (Å²) in [5, 5.41) is 3.40. The zero-order valence-corrected chi connectivity index (χ0v) is 12.4. The number of benzene rings is 1. The molecule has 0 aliphatic carbocycles. The third-order valence-corrected chi connectivity index (χ3v) is 3.34. The Morgan fingerprint density at radius 1 is 1.33 bits per heavy atom. The molecule has 3 heteroatoms. The molecule has 0 saturated carbocycles. The molecule has 1 N–H and O–H groups in total. The highest BCUT2D eigenvalue weighted by molar-refractivity contribution is 5.50. The van der Waals surface area contributed by atoms with Crippen molar-refractivity contribution in [3.05, 3.63) is 24.3 Å². The minimum absolute atomic E-state index is 0.238. The standard InChI is InChI=1S/C15H26N2O/c1-15(2,3)14(16-4)11-17(5)12-8-7-9-13(10-12)18-6/h7-10,14,16H,11H2,1-6H3.